The van der Waals surface area contributed by atoms with E-state index in [1.807, 2.05) is 36.2 Å². The fourth-order valence-electron chi connectivity index (χ4n) is 2.36. The first-order valence-corrected chi connectivity index (χ1v) is 7.19. The summed E-state index contributed by atoms with van der Waals surface area (Å²) in [6.07, 6.45) is 2.51. The maximum atomic E-state index is 11.9. The van der Waals surface area contributed by atoms with Crippen molar-refractivity contribution in [2.45, 2.75) is 32.4 Å². The van der Waals surface area contributed by atoms with Crippen molar-refractivity contribution >= 4 is 5.91 Å². The van der Waals surface area contributed by atoms with E-state index in [-0.39, 0.29) is 5.91 Å². The third kappa shape index (κ3) is 4.53. The zero-order valence-corrected chi connectivity index (χ0v) is 12.6. The van der Waals surface area contributed by atoms with Crippen LogP contribution in [0.3, 0.4) is 0 Å². The molecule has 0 aliphatic heterocycles. The summed E-state index contributed by atoms with van der Waals surface area (Å²) in [6, 6.07) is 8.26. The van der Waals surface area contributed by atoms with Crippen molar-refractivity contribution in [2.24, 2.45) is 5.92 Å². The molecule has 1 saturated carbocycles. The van der Waals surface area contributed by atoms with Gasteiger partial charge in [0, 0.05) is 12.6 Å². The van der Waals surface area contributed by atoms with Gasteiger partial charge in [0.25, 0.3) is 0 Å². The Hall–Kier alpha value is -1.55. The van der Waals surface area contributed by atoms with Crippen molar-refractivity contribution in [3.63, 3.8) is 0 Å². The quantitative estimate of drug-likeness (QED) is 0.828. The molecule has 0 unspecified atom stereocenters. The van der Waals surface area contributed by atoms with Gasteiger partial charge >= 0.3 is 0 Å². The van der Waals surface area contributed by atoms with Crippen LogP contribution in [0.1, 0.15) is 25.3 Å². The van der Waals surface area contributed by atoms with E-state index in [1.54, 1.807) is 7.11 Å². The minimum Gasteiger partial charge on any atom is -0.497 e. The molecule has 1 atom stereocenters. The van der Waals surface area contributed by atoms with E-state index in [0.717, 1.165) is 12.3 Å². The molecule has 20 heavy (non-hydrogen) atoms. The van der Waals surface area contributed by atoms with E-state index in [2.05, 4.69) is 12.2 Å². The lowest BCUT2D eigenvalue weighted by atomic mass is 10.2. The summed E-state index contributed by atoms with van der Waals surface area (Å²) in [5, 5.41) is 3.08. The molecule has 2 rings (SSSR count). The van der Waals surface area contributed by atoms with E-state index in [9.17, 15) is 4.79 Å². The van der Waals surface area contributed by atoms with E-state index < -0.39 is 0 Å². The molecule has 0 spiro atoms. The standard InChI is InChI=1S/C16H24N2O2/c1-12(14-6-7-14)17-16(19)11-18(2)10-13-4-8-15(20-3)9-5-13/h4-5,8-9,12,14H,6-7,10-11H2,1-3H3,(H,17,19)/t12-/m1/s1. The van der Waals surface area contributed by atoms with Crippen molar-refractivity contribution in [1.82, 2.24) is 10.2 Å². The summed E-state index contributed by atoms with van der Waals surface area (Å²) in [7, 11) is 3.62. The Balaban J connectivity index is 1.75. The minimum atomic E-state index is 0.111. The number of hydrogen-bond donors (Lipinski definition) is 1. The summed E-state index contributed by atoms with van der Waals surface area (Å²) in [5.41, 5.74) is 1.18. The summed E-state index contributed by atoms with van der Waals surface area (Å²) >= 11 is 0. The Morgan fingerprint density at radius 2 is 2.05 bits per heavy atom. The molecule has 1 aliphatic carbocycles. The normalized spacial score (nSPS) is 16.0. The van der Waals surface area contributed by atoms with Crippen LogP contribution in [-0.4, -0.2) is 37.6 Å². The molecular formula is C16H24N2O2. The number of carbonyl (C=O) groups excluding carboxylic acids is 1. The lowest BCUT2D eigenvalue weighted by Crippen LogP contribution is -2.40. The molecule has 0 bridgehead atoms. The highest BCUT2D eigenvalue weighted by atomic mass is 16.5. The van der Waals surface area contributed by atoms with Crippen LogP contribution in [0.25, 0.3) is 0 Å². The van der Waals surface area contributed by atoms with Crippen molar-refractivity contribution in [1.29, 1.82) is 0 Å². The first-order valence-electron chi connectivity index (χ1n) is 7.19. The van der Waals surface area contributed by atoms with E-state index >= 15 is 0 Å². The minimum absolute atomic E-state index is 0.111. The smallest absolute Gasteiger partial charge is 0.234 e. The maximum Gasteiger partial charge on any atom is 0.234 e. The van der Waals surface area contributed by atoms with Gasteiger partial charge in [-0.05, 0) is 50.4 Å². The van der Waals surface area contributed by atoms with Gasteiger partial charge in [0.05, 0.1) is 13.7 Å². The predicted molar refractivity (Wildman–Crippen MR) is 79.7 cm³/mol. The van der Waals surface area contributed by atoms with Crippen LogP contribution in [0.2, 0.25) is 0 Å². The van der Waals surface area contributed by atoms with Crippen LogP contribution in [0.4, 0.5) is 0 Å². The van der Waals surface area contributed by atoms with E-state index in [4.69, 9.17) is 4.74 Å². The molecule has 0 saturated heterocycles. The Bertz CT molecular complexity index is 440. The molecule has 0 aromatic heterocycles. The lowest BCUT2D eigenvalue weighted by molar-refractivity contribution is -0.122. The number of rotatable bonds is 7. The van der Waals surface area contributed by atoms with Crippen LogP contribution < -0.4 is 10.1 Å². The SMILES string of the molecule is COc1ccc(CN(C)CC(=O)N[C@H](C)C2CC2)cc1. The monoisotopic (exact) mass is 276 g/mol. The van der Waals surface area contributed by atoms with Crippen molar-refractivity contribution < 1.29 is 9.53 Å². The second-order valence-corrected chi connectivity index (χ2v) is 5.71. The molecule has 4 heteroatoms. The molecule has 1 aromatic carbocycles. The highest BCUT2D eigenvalue weighted by Gasteiger charge is 2.28. The first-order chi connectivity index (χ1) is 9.58. The van der Waals surface area contributed by atoms with E-state index in [0.29, 0.717) is 18.5 Å². The Kier molecular flexibility index (Phi) is 5.01. The second-order valence-electron chi connectivity index (χ2n) is 5.71. The highest BCUT2D eigenvalue weighted by molar-refractivity contribution is 5.78. The Morgan fingerprint density at radius 1 is 1.40 bits per heavy atom. The molecule has 110 valence electrons. The number of benzene rings is 1. The topological polar surface area (TPSA) is 41.6 Å². The molecule has 4 nitrogen and oxygen atoms in total. The average molecular weight is 276 g/mol. The van der Waals surface area contributed by atoms with Gasteiger partial charge in [-0.2, -0.15) is 0 Å². The van der Waals surface area contributed by atoms with Crippen LogP contribution >= 0.6 is 0 Å². The first kappa shape index (κ1) is 14.9. The highest BCUT2D eigenvalue weighted by Crippen LogP contribution is 2.32. The van der Waals surface area contributed by atoms with Crippen LogP contribution in [-0.2, 0) is 11.3 Å². The number of nitrogens with zero attached hydrogens (tertiary/aromatic N) is 1. The number of amides is 1. The maximum absolute atomic E-state index is 11.9. The van der Waals surface area contributed by atoms with Crippen molar-refractivity contribution in [2.75, 3.05) is 20.7 Å². The molecule has 1 aliphatic rings. The van der Waals surface area contributed by atoms with Crippen LogP contribution in [0.5, 0.6) is 5.75 Å². The van der Waals surface area contributed by atoms with Gasteiger partial charge in [0.2, 0.25) is 5.91 Å². The second kappa shape index (κ2) is 6.75. The number of likely N-dealkylation sites (N-methyl/N-ethyl adjacent to an activating group) is 1. The molecule has 0 heterocycles. The largest absolute Gasteiger partial charge is 0.497 e. The molecular weight excluding hydrogens is 252 g/mol. The van der Waals surface area contributed by atoms with Gasteiger partial charge in [-0.15, -0.1) is 0 Å². The number of methoxy groups -OCH3 is 1. The van der Waals surface area contributed by atoms with Gasteiger partial charge < -0.3 is 10.1 Å². The summed E-state index contributed by atoms with van der Waals surface area (Å²) in [4.78, 5) is 13.9. The number of nitrogens with one attached hydrogen (secondary N) is 1. The van der Waals surface area contributed by atoms with Gasteiger partial charge in [-0.3, -0.25) is 9.69 Å². The molecule has 0 radical (unpaired) electrons. The summed E-state index contributed by atoms with van der Waals surface area (Å²) < 4.78 is 5.13. The number of carbonyl (C=O) groups is 1. The zero-order chi connectivity index (χ0) is 14.5. The Labute approximate surface area is 121 Å². The molecule has 1 aromatic rings. The number of ether oxygens (including phenoxy) is 1. The lowest BCUT2D eigenvalue weighted by Gasteiger charge is -2.19. The predicted octanol–water partition coefficient (Wildman–Crippen LogP) is 2.04. The van der Waals surface area contributed by atoms with Gasteiger partial charge in [-0.1, -0.05) is 12.1 Å². The molecule has 1 amide bonds. The van der Waals surface area contributed by atoms with Crippen LogP contribution in [0.15, 0.2) is 24.3 Å². The summed E-state index contributed by atoms with van der Waals surface area (Å²) in [6.45, 7) is 3.29. The molecule has 1 fully saturated rings. The van der Waals surface area contributed by atoms with Gasteiger partial charge in [0.15, 0.2) is 0 Å². The zero-order valence-electron chi connectivity index (χ0n) is 12.6. The Morgan fingerprint density at radius 3 is 2.60 bits per heavy atom. The molecule has 1 N–H and O–H groups in total. The van der Waals surface area contributed by atoms with Gasteiger partial charge in [0.1, 0.15) is 5.75 Å². The van der Waals surface area contributed by atoms with Gasteiger partial charge in [-0.25, -0.2) is 0 Å². The average Bonchev–Trinajstić information content (AvgIpc) is 3.23. The third-order valence-electron chi connectivity index (χ3n) is 3.74. The van der Waals surface area contributed by atoms with Crippen molar-refractivity contribution in [3.8, 4) is 5.75 Å². The van der Waals surface area contributed by atoms with Crippen molar-refractivity contribution in [3.05, 3.63) is 29.8 Å². The van der Waals surface area contributed by atoms with Crippen LogP contribution in [0, 0.1) is 5.92 Å². The van der Waals surface area contributed by atoms with E-state index in [1.165, 1.54) is 18.4 Å². The third-order valence-corrected chi connectivity index (χ3v) is 3.74. The fourth-order valence-corrected chi connectivity index (χ4v) is 2.36. The fraction of sp³-hybridized carbons (Fsp3) is 0.562. The summed E-state index contributed by atoms with van der Waals surface area (Å²) in [5.74, 6) is 1.67. The number of hydrogen-bond acceptors (Lipinski definition) is 3.